The molecule has 2 saturated heterocycles. The van der Waals surface area contributed by atoms with Crippen LogP contribution >= 0.6 is 22.9 Å². The van der Waals surface area contributed by atoms with Crippen molar-refractivity contribution in [3.8, 4) is 0 Å². The second kappa shape index (κ2) is 10.1. The lowest BCUT2D eigenvalue weighted by atomic mass is 9.96. The number of aromatic nitrogens is 2. The lowest BCUT2D eigenvalue weighted by Gasteiger charge is -2.38. The average Bonchev–Trinajstić information content (AvgIpc) is 3.30. The number of rotatable bonds is 6. The molecule has 1 aromatic carbocycles. The van der Waals surface area contributed by atoms with Crippen molar-refractivity contribution in [2.45, 2.75) is 17.1 Å². The number of sulfonamides is 1. The Kier molecular flexibility index (Phi) is 7.08. The number of nitrogens with zero attached hydrogens (tertiary/aromatic N) is 6. The first-order valence-corrected chi connectivity index (χ1v) is 14.6. The van der Waals surface area contributed by atoms with Gasteiger partial charge < -0.3 is 14.7 Å². The maximum absolute atomic E-state index is 13.2. The van der Waals surface area contributed by atoms with Gasteiger partial charge in [0.25, 0.3) is 10.0 Å². The van der Waals surface area contributed by atoms with Crippen molar-refractivity contribution >= 4 is 60.7 Å². The minimum Gasteiger partial charge on any atom is -0.356 e. The number of piperazine rings is 1. The molecule has 9 nitrogen and oxygen atoms in total. The minimum absolute atomic E-state index is 0.121. The van der Waals surface area contributed by atoms with Gasteiger partial charge in [0.1, 0.15) is 10.0 Å². The van der Waals surface area contributed by atoms with Gasteiger partial charge in [-0.2, -0.15) is 9.29 Å². The molecule has 192 valence electrons. The van der Waals surface area contributed by atoms with E-state index in [0.717, 1.165) is 41.8 Å². The van der Waals surface area contributed by atoms with E-state index in [2.05, 4.69) is 14.9 Å². The molecule has 4 heterocycles. The zero-order valence-electron chi connectivity index (χ0n) is 20.3. The van der Waals surface area contributed by atoms with E-state index in [9.17, 15) is 13.2 Å². The Labute approximate surface area is 220 Å². The summed E-state index contributed by atoms with van der Waals surface area (Å²) in [5, 5.41) is 1.40. The predicted octanol–water partition coefficient (Wildman–Crippen LogP) is 3.16. The van der Waals surface area contributed by atoms with Gasteiger partial charge in [-0.25, -0.2) is 13.4 Å². The first kappa shape index (κ1) is 25.2. The summed E-state index contributed by atoms with van der Waals surface area (Å²) >= 11 is 7.24. The molecular formula is C24H29ClN6O3S2. The Morgan fingerprint density at radius 2 is 1.89 bits per heavy atom. The molecule has 0 spiro atoms. The van der Waals surface area contributed by atoms with Crippen LogP contribution < -0.4 is 9.80 Å². The summed E-state index contributed by atoms with van der Waals surface area (Å²) < 4.78 is 28.8. The normalized spacial score (nSPS) is 18.2. The topological polar surface area (TPSA) is 90.0 Å². The molecule has 2 aromatic heterocycles. The van der Waals surface area contributed by atoms with Crippen LogP contribution in [0.1, 0.15) is 12.8 Å². The van der Waals surface area contributed by atoms with Crippen molar-refractivity contribution in [3.05, 3.63) is 41.6 Å². The van der Waals surface area contributed by atoms with E-state index in [1.807, 2.05) is 36.0 Å². The van der Waals surface area contributed by atoms with E-state index >= 15 is 0 Å². The Morgan fingerprint density at radius 1 is 1.11 bits per heavy atom. The highest BCUT2D eigenvalue weighted by molar-refractivity contribution is 7.91. The standard InChI is InChI=1S/C24H29ClN6O3S2/c1-28(2)24-26-8-5-21(27-24)29-9-6-17(7-10-29)15-30-11-12-31(16-22(30)32)36(33,34)23-13-18-3-4-19(25)14-20(18)35-23/h3-5,8,13-14,17H,6-7,9-12,15-16H2,1-2H3. The van der Waals surface area contributed by atoms with Crippen LogP contribution in [0.5, 0.6) is 0 Å². The summed E-state index contributed by atoms with van der Waals surface area (Å²) in [7, 11) is 0.110. The largest absolute Gasteiger partial charge is 0.356 e. The summed E-state index contributed by atoms with van der Waals surface area (Å²) in [6, 6.07) is 8.92. The number of halogens is 1. The third-order valence-corrected chi connectivity index (χ3v) is 10.4. The second-order valence-corrected chi connectivity index (χ2v) is 13.2. The molecule has 0 bridgehead atoms. The van der Waals surface area contributed by atoms with Crippen molar-refractivity contribution in [2.75, 3.05) is 63.2 Å². The molecule has 0 N–H and O–H groups in total. The summed E-state index contributed by atoms with van der Waals surface area (Å²) in [6.45, 7) is 2.99. The molecule has 1 amide bonds. The van der Waals surface area contributed by atoms with E-state index < -0.39 is 10.0 Å². The van der Waals surface area contributed by atoms with E-state index in [-0.39, 0.29) is 16.7 Å². The number of carbonyl (C=O) groups is 1. The Balaban J connectivity index is 1.17. The zero-order chi connectivity index (χ0) is 25.4. The van der Waals surface area contributed by atoms with Crippen molar-refractivity contribution in [1.82, 2.24) is 19.2 Å². The van der Waals surface area contributed by atoms with E-state index in [0.29, 0.717) is 36.5 Å². The molecule has 2 aliphatic heterocycles. The fourth-order valence-electron chi connectivity index (χ4n) is 4.71. The SMILES string of the molecule is CN(C)c1nccc(N2CCC(CN3CCN(S(=O)(=O)c4cc5ccc(Cl)cc5s4)CC3=O)CC2)n1. The van der Waals surface area contributed by atoms with E-state index in [4.69, 9.17) is 11.6 Å². The molecule has 0 unspecified atom stereocenters. The van der Waals surface area contributed by atoms with Crippen LogP contribution in [0.15, 0.2) is 40.7 Å². The number of carbonyl (C=O) groups excluding carboxylic acids is 1. The molecule has 36 heavy (non-hydrogen) atoms. The number of benzene rings is 1. The summed E-state index contributed by atoms with van der Waals surface area (Å²) in [4.78, 5) is 27.8. The van der Waals surface area contributed by atoms with Gasteiger partial charge in [0, 0.05) is 62.7 Å². The van der Waals surface area contributed by atoms with Crippen LogP contribution in [-0.2, 0) is 14.8 Å². The highest BCUT2D eigenvalue weighted by Crippen LogP contribution is 2.33. The van der Waals surface area contributed by atoms with Crippen molar-refractivity contribution in [1.29, 1.82) is 0 Å². The maximum Gasteiger partial charge on any atom is 0.253 e. The summed E-state index contributed by atoms with van der Waals surface area (Å²) in [5.41, 5.74) is 0. The van der Waals surface area contributed by atoms with Crippen molar-refractivity contribution < 1.29 is 13.2 Å². The predicted molar refractivity (Wildman–Crippen MR) is 143 cm³/mol. The highest BCUT2D eigenvalue weighted by atomic mass is 35.5. The number of hydrogen-bond acceptors (Lipinski definition) is 8. The van der Waals surface area contributed by atoms with Gasteiger partial charge >= 0.3 is 0 Å². The molecule has 2 aliphatic rings. The van der Waals surface area contributed by atoms with Gasteiger partial charge in [-0.1, -0.05) is 17.7 Å². The van der Waals surface area contributed by atoms with Crippen LogP contribution in [0, 0.1) is 5.92 Å². The number of thiophene rings is 1. The highest BCUT2D eigenvalue weighted by Gasteiger charge is 2.35. The van der Waals surface area contributed by atoms with Gasteiger partial charge in [-0.05, 0) is 48.4 Å². The Morgan fingerprint density at radius 3 is 2.61 bits per heavy atom. The molecule has 0 atom stereocenters. The van der Waals surface area contributed by atoms with E-state index in [1.54, 1.807) is 24.4 Å². The Bertz CT molecular complexity index is 1370. The third-order valence-electron chi connectivity index (χ3n) is 6.78. The molecule has 5 rings (SSSR count). The van der Waals surface area contributed by atoms with Gasteiger partial charge in [0.15, 0.2) is 0 Å². The molecule has 0 radical (unpaired) electrons. The molecule has 12 heteroatoms. The molecule has 3 aromatic rings. The fourth-order valence-corrected chi connectivity index (χ4v) is 7.92. The average molecular weight is 549 g/mol. The lowest BCUT2D eigenvalue weighted by molar-refractivity contribution is -0.134. The van der Waals surface area contributed by atoms with Crippen molar-refractivity contribution in [2.24, 2.45) is 5.92 Å². The maximum atomic E-state index is 13.2. The number of anilines is 2. The molecular weight excluding hydrogens is 520 g/mol. The molecule has 0 aliphatic carbocycles. The third kappa shape index (κ3) is 5.15. The molecule has 0 saturated carbocycles. The van der Waals surface area contributed by atoms with Crippen molar-refractivity contribution in [3.63, 3.8) is 0 Å². The zero-order valence-corrected chi connectivity index (χ0v) is 22.7. The van der Waals surface area contributed by atoms with Gasteiger partial charge in [-0.3, -0.25) is 4.79 Å². The first-order chi connectivity index (χ1) is 17.2. The second-order valence-electron chi connectivity index (χ2n) is 9.47. The Hall–Kier alpha value is -2.47. The summed E-state index contributed by atoms with van der Waals surface area (Å²) in [5.74, 6) is 1.86. The van der Waals surface area contributed by atoms with Crippen LogP contribution in [0.4, 0.5) is 11.8 Å². The number of hydrogen-bond donors (Lipinski definition) is 0. The van der Waals surface area contributed by atoms with Gasteiger partial charge in [-0.15, -0.1) is 11.3 Å². The number of fused-ring (bicyclic) bond motifs is 1. The number of piperidine rings is 1. The monoisotopic (exact) mass is 548 g/mol. The van der Waals surface area contributed by atoms with Crippen LogP contribution in [0.25, 0.3) is 10.1 Å². The lowest BCUT2D eigenvalue weighted by Crippen LogP contribution is -2.53. The smallest absolute Gasteiger partial charge is 0.253 e. The van der Waals surface area contributed by atoms with Crippen LogP contribution in [0.3, 0.4) is 0 Å². The van der Waals surface area contributed by atoms with Gasteiger partial charge in [0.2, 0.25) is 11.9 Å². The minimum atomic E-state index is -3.73. The first-order valence-electron chi connectivity index (χ1n) is 11.9. The summed E-state index contributed by atoms with van der Waals surface area (Å²) in [6.07, 6.45) is 3.69. The van der Waals surface area contributed by atoms with E-state index in [1.165, 1.54) is 15.6 Å². The van der Waals surface area contributed by atoms with Crippen LogP contribution in [-0.4, -0.2) is 86.9 Å². The quantitative estimate of drug-likeness (QED) is 0.467. The fraction of sp³-hybridized carbons (Fsp3) is 0.458. The molecule has 2 fully saturated rings. The van der Waals surface area contributed by atoms with Gasteiger partial charge in [0.05, 0.1) is 6.54 Å². The number of amides is 1. The van der Waals surface area contributed by atoms with Crippen LogP contribution in [0.2, 0.25) is 5.02 Å².